The van der Waals surface area contributed by atoms with Gasteiger partial charge in [0.1, 0.15) is 5.60 Å². The highest BCUT2D eigenvalue weighted by atomic mass is 16.6. The number of carbonyl (C=O) groups excluding carboxylic acids is 1. The number of amides is 1. The summed E-state index contributed by atoms with van der Waals surface area (Å²) in [4.78, 5) is 17.1. The first-order valence-electron chi connectivity index (χ1n) is 10.2. The van der Waals surface area contributed by atoms with Crippen molar-refractivity contribution in [2.45, 2.75) is 58.6 Å². The summed E-state index contributed by atoms with van der Waals surface area (Å²) in [5, 5.41) is 0. The molecule has 1 aromatic carbocycles. The van der Waals surface area contributed by atoms with Crippen LogP contribution in [0.5, 0.6) is 0 Å². The first kappa shape index (κ1) is 19.9. The van der Waals surface area contributed by atoms with E-state index in [2.05, 4.69) is 49.2 Å². The number of piperidine rings is 1. The van der Waals surface area contributed by atoms with Crippen molar-refractivity contribution in [3.63, 3.8) is 0 Å². The average Bonchev–Trinajstić information content (AvgIpc) is 2.61. The molecule has 1 aromatic rings. The highest BCUT2D eigenvalue weighted by Crippen LogP contribution is 2.36. The van der Waals surface area contributed by atoms with Gasteiger partial charge >= 0.3 is 6.09 Å². The zero-order chi connectivity index (χ0) is 19.6. The van der Waals surface area contributed by atoms with E-state index in [4.69, 9.17) is 4.74 Å². The summed E-state index contributed by atoms with van der Waals surface area (Å²) in [5.41, 5.74) is 3.47. The Morgan fingerprint density at radius 1 is 1.22 bits per heavy atom. The van der Waals surface area contributed by atoms with Gasteiger partial charge in [-0.05, 0) is 75.8 Å². The minimum absolute atomic E-state index is 0.0999. The summed E-state index contributed by atoms with van der Waals surface area (Å²) in [6.07, 6.45) is 5.35. The van der Waals surface area contributed by atoms with Gasteiger partial charge in [-0.3, -0.25) is 0 Å². The van der Waals surface area contributed by atoms with Crippen LogP contribution < -0.4 is 0 Å². The lowest BCUT2D eigenvalue weighted by Crippen LogP contribution is -2.44. The number of carbonyl (C=O) groups is 1. The van der Waals surface area contributed by atoms with Crippen LogP contribution in [0.4, 0.5) is 4.79 Å². The molecule has 3 rings (SSSR count). The third-order valence-electron chi connectivity index (χ3n) is 5.50. The summed E-state index contributed by atoms with van der Waals surface area (Å²) >= 11 is 0. The molecule has 0 radical (unpaired) electrons. The van der Waals surface area contributed by atoms with Crippen LogP contribution in [0.3, 0.4) is 0 Å². The molecule has 1 fully saturated rings. The summed E-state index contributed by atoms with van der Waals surface area (Å²) in [6.45, 7) is 10.9. The topological polar surface area (TPSA) is 32.8 Å². The second-order valence-electron chi connectivity index (χ2n) is 9.20. The Morgan fingerprint density at radius 2 is 2.00 bits per heavy atom. The largest absolute Gasteiger partial charge is 0.444 e. The second kappa shape index (κ2) is 8.05. The smallest absolute Gasteiger partial charge is 0.410 e. The molecule has 2 aliphatic rings. The minimum Gasteiger partial charge on any atom is -0.444 e. The van der Waals surface area contributed by atoms with Gasteiger partial charge in [0.2, 0.25) is 0 Å². The maximum Gasteiger partial charge on any atom is 0.410 e. The minimum atomic E-state index is -0.469. The zero-order valence-corrected chi connectivity index (χ0v) is 17.5. The number of benzene rings is 1. The molecule has 2 atom stereocenters. The van der Waals surface area contributed by atoms with Crippen LogP contribution in [-0.4, -0.2) is 48.2 Å². The van der Waals surface area contributed by atoms with Crippen LogP contribution in [-0.2, 0) is 4.74 Å². The summed E-state index contributed by atoms with van der Waals surface area (Å²) < 4.78 is 5.71. The molecule has 0 N–H and O–H groups in total. The summed E-state index contributed by atoms with van der Waals surface area (Å²) in [7, 11) is 2.16. The van der Waals surface area contributed by atoms with E-state index in [0.717, 1.165) is 38.9 Å². The molecule has 0 saturated carbocycles. The normalized spacial score (nSPS) is 24.5. The molecule has 0 aromatic heterocycles. The van der Waals surface area contributed by atoms with Crippen molar-refractivity contribution in [1.29, 1.82) is 0 Å². The molecule has 27 heavy (non-hydrogen) atoms. The second-order valence-corrected chi connectivity index (χ2v) is 9.20. The number of hydrogen-bond donors (Lipinski definition) is 0. The number of likely N-dealkylation sites (tertiary alicyclic amines) is 1. The monoisotopic (exact) mass is 370 g/mol. The molecule has 2 aliphatic heterocycles. The van der Waals surface area contributed by atoms with Crippen molar-refractivity contribution in [1.82, 2.24) is 9.80 Å². The highest BCUT2D eigenvalue weighted by Gasteiger charge is 2.34. The van der Waals surface area contributed by atoms with Crippen LogP contribution in [0.25, 0.3) is 5.57 Å². The molecular formula is C23H34N2O2. The number of hydrogen-bond acceptors (Lipinski definition) is 3. The van der Waals surface area contributed by atoms with Crippen molar-refractivity contribution in [2.24, 2.45) is 5.92 Å². The van der Waals surface area contributed by atoms with Crippen molar-refractivity contribution in [2.75, 3.05) is 26.7 Å². The molecule has 148 valence electrons. The Labute approximate surface area is 164 Å². The van der Waals surface area contributed by atoms with Gasteiger partial charge in [-0.15, -0.1) is 0 Å². The van der Waals surface area contributed by atoms with E-state index in [1.54, 1.807) is 0 Å². The van der Waals surface area contributed by atoms with Gasteiger partial charge in [-0.2, -0.15) is 0 Å². The molecule has 2 heterocycles. The summed E-state index contributed by atoms with van der Waals surface area (Å²) in [6, 6.07) is 8.88. The van der Waals surface area contributed by atoms with E-state index in [9.17, 15) is 4.79 Å². The highest BCUT2D eigenvalue weighted by molar-refractivity contribution is 5.70. The van der Waals surface area contributed by atoms with E-state index in [-0.39, 0.29) is 12.1 Å². The van der Waals surface area contributed by atoms with Crippen LogP contribution in [0.1, 0.15) is 64.1 Å². The number of ether oxygens (including phenoxy) is 1. The molecule has 4 heteroatoms. The van der Waals surface area contributed by atoms with Crippen LogP contribution in [0.2, 0.25) is 0 Å². The van der Waals surface area contributed by atoms with Crippen LogP contribution in [0.15, 0.2) is 30.3 Å². The predicted molar refractivity (Wildman–Crippen MR) is 111 cm³/mol. The van der Waals surface area contributed by atoms with Crippen molar-refractivity contribution < 1.29 is 9.53 Å². The third kappa shape index (κ3) is 5.13. The molecule has 4 nitrogen and oxygen atoms in total. The zero-order valence-electron chi connectivity index (χ0n) is 17.5. The maximum absolute atomic E-state index is 12.9. The Kier molecular flexibility index (Phi) is 5.95. The summed E-state index contributed by atoms with van der Waals surface area (Å²) in [5.74, 6) is 0.508. The molecule has 2 unspecified atom stereocenters. The van der Waals surface area contributed by atoms with Gasteiger partial charge in [0.05, 0.1) is 6.04 Å². The quantitative estimate of drug-likeness (QED) is 0.725. The van der Waals surface area contributed by atoms with E-state index in [1.807, 2.05) is 25.7 Å². The van der Waals surface area contributed by atoms with E-state index in [0.29, 0.717) is 5.92 Å². The lowest BCUT2D eigenvalue weighted by Gasteiger charge is -2.39. The number of rotatable bonds is 2. The lowest BCUT2D eigenvalue weighted by atomic mass is 9.88. The molecule has 0 bridgehead atoms. The van der Waals surface area contributed by atoms with Gasteiger partial charge in [0, 0.05) is 19.6 Å². The number of nitrogens with zero attached hydrogens (tertiary/aromatic N) is 2. The van der Waals surface area contributed by atoms with Gasteiger partial charge in [0.15, 0.2) is 0 Å². The third-order valence-corrected chi connectivity index (χ3v) is 5.50. The van der Waals surface area contributed by atoms with Crippen molar-refractivity contribution in [3.05, 3.63) is 41.5 Å². The molecular weight excluding hydrogens is 336 g/mol. The van der Waals surface area contributed by atoms with E-state index in [1.165, 1.54) is 16.7 Å². The molecule has 1 saturated heterocycles. The van der Waals surface area contributed by atoms with Crippen LogP contribution in [0, 0.1) is 5.92 Å². The van der Waals surface area contributed by atoms with Crippen molar-refractivity contribution >= 4 is 11.7 Å². The average molecular weight is 371 g/mol. The van der Waals surface area contributed by atoms with Gasteiger partial charge in [-0.1, -0.05) is 31.2 Å². The Balaban J connectivity index is 1.84. The fourth-order valence-corrected chi connectivity index (χ4v) is 4.00. The molecule has 1 amide bonds. The van der Waals surface area contributed by atoms with E-state index < -0.39 is 5.60 Å². The molecule has 0 spiro atoms. The Hall–Kier alpha value is -1.81. The predicted octanol–water partition coefficient (Wildman–Crippen LogP) is 5.11. The SMILES string of the molecule is CC1CCC(c2cccc(C3=CCN(C)CC3)c2)N(C(=O)OC(C)(C)C)C1. The first-order chi connectivity index (χ1) is 12.7. The van der Waals surface area contributed by atoms with Gasteiger partial charge < -0.3 is 14.5 Å². The van der Waals surface area contributed by atoms with Crippen molar-refractivity contribution in [3.8, 4) is 0 Å². The number of likely N-dealkylation sites (N-methyl/N-ethyl adjacent to an activating group) is 1. The first-order valence-corrected chi connectivity index (χ1v) is 10.2. The van der Waals surface area contributed by atoms with E-state index >= 15 is 0 Å². The Morgan fingerprint density at radius 3 is 2.67 bits per heavy atom. The fraction of sp³-hybridized carbons (Fsp3) is 0.609. The maximum atomic E-state index is 12.9. The fourth-order valence-electron chi connectivity index (χ4n) is 4.00. The van der Waals surface area contributed by atoms with Gasteiger partial charge in [-0.25, -0.2) is 4.79 Å². The lowest BCUT2D eigenvalue weighted by molar-refractivity contribution is 0.00363. The molecule has 0 aliphatic carbocycles. The standard InChI is InChI=1S/C23H34N2O2/c1-17-9-10-21(25(16-17)22(26)27-23(2,3)4)20-8-6-7-19(15-20)18-11-13-24(5)14-12-18/h6-8,11,15,17,21H,9-10,12-14,16H2,1-5H3. The van der Waals surface area contributed by atoms with Crippen LogP contribution >= 0.6 is 0 Å². The Bertz CT molecular complexity index is 705. The van der Waals surface area contributed by atoms with Gasteiger partial charge in [0.25, 0.3) is 0 Å².